The van der Waals surface area contributed by atoms with Gasteiger partial charge in [0.25, 0.3) is 0 Å². The van der Waals surface area contributed by atoms with Crippen LogP contribution in [0.15, 0.2) is 41.0 Å². The van der Waals surface area contributed by atoms with E-state index in [-0.39, 0.29) is 11.6 Å². The van der Waals surface area contributed by atoms with Gasteiger partial charge >= 0.3 is 12.1 Å². The van der Waals surface area contributed by atoms with Gasteiger partial charge in [-0.05, 0) is 39.2 Å². The molecule has 0 saturated carbocycles. The molecule has 0 radical (unpaired) electrons. The molecule has 1 aromatic heterocycles. The number of carbonyl (C=O) groups is 2. The molecular weight excluding hydrogens is 324 g/mol. The maximum atomic E-state index is 12.1. The minimum absolute atomic E-state index is 0.138. The average Bonchev–Trinajstić information content (AvgIpc) is 3.00. The first kappa shape index (κ1) is 18.5. The van der Waals surface area contributed by atoms with Crippen LogP contribution in [0.1, 0.15) is 55.2 Å². The van der Waals surface area contributed by atoms with E-state index >= 15 is 0 Å². The Bertz CT molecular complexity index is 719. The first-order chi connectivity index (χ1) is 11.7. The van der Waals surface area contributed by atoms with E-state index in [4.69, 9.17) is 14.3 Å². The second-order valence-electron chi connectivity index (χ2n) is 6.60. The number of oxazole rings is 1. The highest BCUT2D eigenvalue weighted by atomic mass is 16.6. The number of alkyl carbamates (subject to hydrolysis) is 1. The molecule has 0 aliphatic carbocycles. The quantitative estimate of drug-likeness (QED) is 0.829. The molecule has 1 atom stereocenters. The van der Waals surface area contributed by atoms with Crippen LogP contribution in [0.25, 0.3) is 0 Å². The SMILES string of the molecule is CC(C)(C)OC(=O)N[C@H](CCc1ccccc1)c1nc(C(=O)O)co1. The number of ether oxygens (including phenoxy) is 1. The molecule has 0 bridgehead atoms. The minimum atomic E-state index is -1.19. The predicted octanol–water partition coefficient (Wildman–Crippen LogP) is 3.57. The number of benzene rings is 1. The average molecular weight is 346 g/mol. The van der Waals surface area contributed by atoms with E-state index in [0.717, 1.165) is 11.8 Å². The summed E-state index contributed by atoms with van der Waals surface area (Å²) in [5.74, 6) is -1.05. The van der Waals surface area contributed by atoms with Gasteiger partial charge in [0.2, 0.25) is 5.89 Å². The van der Waals surface area contributed by atoms with Gasteiger partial charge in [-0.2, -0.15) is 0 Å². The summed E-state index contributed by atoms with van der Waals surface area (Å²) in [6, 6.07) is 9.14. The molecule has 7 nitrogen and oxygen atoms in total. The summed E-state index contributed by atoms with van der Waals surface area (Å²) in [5, 5.41) is 11.7. The molecule has 1 heterocycles. The zero-order valence-electron chi connectivity index (χ0n) is 14.5. The second kappa shape index (κ2) is 7.83. The van der Waals surface area contributed by atoms with Crippen LogP contribution in [0.3, 0.4) is 0 Å². The summed E-state index contributed by atoms with van der Waals surface area (Å²) in [6.07, 6.45) is 1.60. The number of hydrogen-bond donors (Lipinski definition) is 2. The topological polar surface area (TPSA) is 102 Å². The lowest BCUT2D eigenvalue weighted by Gasteiger charge is -2.22. The number of carboxylic acid groups (broad SMARTS) is 1. The highest BCUT2D eigenvalue weighted by Crippen LogP contribution is 2.20. The Labute approximate surface area is 146 Å². The van der Waals surface area contributed by atoms with Crippen LogP contribution in [-0.4, -0.2) is 27.8 Å². The van der Waals surface area contributed by atoms with Gasteiger partial charge in [-0.15, -0.1) is 0 Å². The van der Waals surface area contributed by atoms with Gasteiger partial charge in [0.05, 0.1) is 0 Å². The van der Waals surface area contributed by atoms with Crippen molar-refractivity contribution in [1.82, 2.24) is 10.3 Å². The smallest absolute Gasteiger partial charge is 0.408 e. The highest BCUT2D eigenvalue weighted by Gasteiger charge is 2.24. The van der Waals surface area contributed by atoms with Crippen molar-refractivity contribution in [2.75, 3.05) is 0 Å². The number of nitrogens with zero attached hydrogens (tertiary/aromatic N) is 1. The van der Waals surface area contributed by atoms with Crippen LogP contribution in [0.2, 0.25) is 0 Å². The van der Waals surface area contributed by atoms with Gasteiger partial charge in [0.1, 0.15) is 17.9 Å². The Morgan fingerprint density at radius 2 is 1.96 bits per heavy atom. The molecule has 1 aromatic carbocycles. The minimum Gasteiger partial charge on any atom is -0.476 e. The van der Waals surface area contributed by atoms with E-state index in [1.165, 1.54) is 0 Å². The molecule has 0 saturated heterocycles. The van der Waals surface area contributed by atoms with Crippen LogP contribution < -0.4 is 5.32 Å². The normalized spacial score (nSPS) is 12.4. The Hall–Kier alpha value is -2.83. The number of aromatic carboxylic acids is 1. The maximum absolute atomic E-state index is 12.1. The number of rotatable bonds is 6. The third-order valence-electron chi connectivity index (χ3n) is 3.29. The van der Waals surface area contributed by atoms with Crippen molar-refractivity contribution >= 4 is 12.1 Å². The standard InChI is InChI=1S/C18H22N2O5/c1-18(2,3)25-17(23)20-13(10-9-12-7-5-4-6-8-12)15-19-14(11-24-15)16(21)22/h4-8,11,13H,9-10H2,1-3H3,(H,20,23)(H,21,22)/t13-/m1/s1. The van der Waals surface area contributed by atoms with Gasteiger partial charge < -0.3 is 19.6 Å². The number of nitrogens with one attached hydrogen (secondary N) is 1. The van der Waals surface area contributed by atoms with Gasteiger partial charge in [-0.1, -0.05) is 30.3 Å². The van der Waals surface area contributed by atoms with Crippen LogP contribution in [0, 0.1) is 0 Å². The van der Waals surface area contributed by atoms with Crippen molar-refractivity contribution in [3.8, 4) is 0 Å². The zero-order chi connectivity index (χ0) is 18.4. The largest absolute Gasteiger partial charge is 0.476 e. The molecule has 2 aromatic rings. The fraction of sp³-hybridized carbons (Fsp3) is 0.389. The van der Waals surface area contributed by atoms with Crippen LogP contribution in [-0.2, 0) is 11.2 Å². The van der Waals surface area contributed by atoms with Crippen molar-refractivity contribution in [2.24, 2.45) is 0 Å². The van der Waals surface area contributed by atoms with Crippen molar-refractivity contribution < 1.29 is 23.8 Å². The van der Waals surface area contributed by atoms with Crippen molar-refractivity contribution in [3.05, 3.63) is 53.7 Å². The molecule has 1 amide bonds. The fourth-order valence-corrected chi connectivity index (χ4v) is 2.21. The Morgan fingerprint density at radius 3 is 2.52 bits per heavy atom. The van der Waals surface area contributed by atoms with Crippen LogP contribution in [0.5, 0.6) is 0 Å². The van der Waals surface area contributed by atoms with Gasteiger partial charge in [-0.3, -0.25) is 0 Å². The summed E-state index contributed by atoms with van der Waals surface area (Å²) in [5.41, 5.74) is 0.242. The number of amides is 1. The predicted molar refractivity (Wildman–Crippen MR) is 90.3 cm³/mol. The third-order valence-corrected chi connectivity index (χ3v) is 3.29. The fourth-order valence-electron chi connectivity index (χ4n) is 2.21. The number of carboxylic acids is 1. The molecule has 0 aliphatic rings. The molecule has 0 spiro atoms. The first-order valence-electron chi connectivity index (χ1n) is 7.97. The molecule has 0 fully saturated rings. The number of aryl methyl sites for hydroxylation is 1. The van der Waals surface area contributed by atoms with Gasteiger partial charge in [0.15, 0.2) is 5.69 Å². The Morgan fingerprint density at radius 1 is 1.28 bits per heavy atom. The Kier molecular flexibility index (Phi) is 5.80. The molecule has 2 N–H and O–H groups in total. The van der Waals surface area contributed by atoms with Crippen LogP contribution >= 0.6 is 0 Å². The molecule has 134 valence electrons. The molecule has 0 aliphatic heterocycles. The van der Waals surface area contributed by atoms with E-state index in [9.17, 15) is 9.59 Å². The van der Waals surface area contributed by atoms with E-state index in [1.807, 2.05) is 30.3 Å². The summed E-state index contributed by atoms with van der Waals surface area (Å²) < 4.78 is 10.5. The molecular formula is C18H22N2O5. The number of aromatic nitrogens is 1. The van der Waals surface area contributed by atoms with E-state index in [1.54, 1.807) is 20.8 Å². The van der Waals surface area contributed by atoms with Crippen molar-refractivity contribution in [1.29, 1.82) is 0 Å². The molecule has 0 unspecified atom stereocenters. The number of carbonyl (C=O) groups excluding carboxylic acids is 1. The summed E-state index contributed by atoms with van der Waals surface area (Å²) >= 11 is 0. The lowest BCUT2D eigenvalue weighted by atomic mass is 10.1. The lowest BCUT2D eigenvalue weighted by molar-refractivity contribution is 0.0492. The summed E-state index contributed by atoms with van der Waals surface area (Å²) in [6.45, 7) is 5.29. The van der Waals surface area contributed by atoms with Crippen LogP contribution in [0.4, 0.5) is 4.79 Å². The summed E-state index contributed by atoms with van der Waals surface area (Å²) in [7, 11) is 0. The van der Waals surface area contributed by atoms with Crippen molar-refractivity contribution in [3.63, 3.8) is 0 Å². The lowest BCUT2D eigenvalue weighted by Crippen LogP contribution is -2.35. The molecule has 7 heteroatoms. The van der Waals surface area contributed by atoms with E-state index < -0.39 is 23.7 Å². The van der Waals surface area contributed by atoms with E-state index in [0.29, 0.717) is 12.8 Å². The van der Waals surface area contributed by atoms with Gasteiger partial charge in [-0.25, -0.2) is 14.6 Å². The van der Waals surface area contributed by atoms with Gasteiger partial charge in [0, 0.05) is 0 Å². The highest BCUT2D eigenvalue weighted by molar-refractivity contribution is 5.84. The zero-order valence-corrected chi connectivity index (χ0v) is 14.5. The molecule has 2 rings (SSSR count). The Balaban J connectivity index is 2.12. The second-order valence-corrected chi connectivity index (χ2v) is 6.60. The molecule has 25 heavy (non-hydrogen) atoms. The monoisotopic (exact) mass is 346 g/mol. The summed E-state index contributed by atoms with van der Waals surface area (Å²) in [4.78, 5) is 27.0. The first-order valence-corrected chi connectivity index (χ1v) is 7.97. The third kappa shape index (κ3) is 5.95. The number of hydrogen-bond acceptors (Lipinski definition) is 5. The van der Waals surface area contributed by atoms with E-state index in [2.05, 4.69) is 10.3 Å². The maximum Gasteiger partial charge on any atom is 0.408 e. The van der Waals surface area contributed by atoms with Crippen molar-refractivity contribution in [2.45, 2.75) is 45.3 Å².